The van der Waals surface area contributed by atoms with Crippen molar-refractivity contribution in [1.29, 1.82) is 0 Å². The molecule has 0 radical (unpaired) electrons. The van der Waals surface area contributed by atoms with Crippen LogP contribution in [0.4, 0.5) is 0 Å². The van der Waals surface area contributed by atoms with Crippen LogP contribution in [0.3, 0.4) is 0 Å². The highest BCUT2D eigenvalue weighted by molar-refractivity contribution is 7.99. The van der Waals surface area contributed by atoms with Gasteiger partial charge < -0.3 is 14.2 Å². The van der Waals surface area contributed by atoms with Crippen molar-refractivity contribution < 1.29 is 9.53 Å². The highest BCUT2D eigenvalue weighted by atomic mass is 32.2. The molecule has 6 heteroatoms. The molecule has 1 unspecified atom stereocenters. The molecule has 0 spiro atoms. The molecule has 146 valence electrons. The van der Waals surface area contributed by atoms with E-state index < -0.39 is 0 Å². The first kappa shape index (κ1) is 20.0. The quantitative estimate of drug-likeness (QED) is 0.480. The molecule has 0 N–H and O–H groups in total. The van der Waals surface area contributed by atoms with Crippen LogP contribution in [0.15, 0.2) is 41.7 Å². The molecule has 0 aliphatic carbocycles. The number of aromatic nitrogens is 2. The SMILES string of the molecule is CN(C)C(=O)CCCCSc1ncc(-c2ccccc2)n1CC1CCCO1. The normalized spacial score (nSPS) is 16.6. The minimum absolute atomic E-state index is 0.200. The number of rotatable bonds is 9. The van der Waals surface area contributed by atoms with Gasteiger partial charge in [0.05, 0.1) is 24.5 Å². The van der Waals surface area contributed by atoms with E-state index in [0.717, 1.165) is 55.4 Å². The summed E-state index contributed by atoms with van der Waals surface area (Å²) in [6, 6.07) is 10.4. The Morgan fingerprint density at radius 2 is 2.11 bits per heavy atom. The molecule has 5 nitrogen and oxygen atoms in total. The number of unbranched alkanes of at least 4 members (excludes halogenated alkanes) is 1. The molecule has 1 saturated heterocycles. The second-order valence-corrected chi connectivity index (χ2v) is 8.19. The molecule has 3 rings (SSSR count). The van der Waals surface area contributed by atoms with Crippen LogP contribution in [0, 0.1) is 0 Å². The lowest BCUT2D eigenvalue weighted by Gasteiger charge is -2.16. The Balaban J connectivity index is 1.63. The van der Waals surface area contributed by atoms with E-state index in [-0.39, 0.29) is 12.0 Å². The van der Waals surface area contributed by atoms with Crippen LogP contribution in [0.25, 0.3) is 11.3 Å². The number of carbonyl (C=O) groups is 1. The van der Waals surface area contributed by atoms with Gasteiger partial charge in [-0.1, -0.05) is 42.1 Å². The van der Waals surface area contributed by atoms with Gasteiger partial charge in [0.2, 0.25) is 5.91 Å². The lowest BCUT2D eigenvalue weighted by atomic mass is 10.1. The monoisotopic (exact) mass is 387 g/mol. The second kappa shape index (κ2) is 9.95. The number of thioether (sulfide) groups is 1. The molecule has 1 amide bonds. The fourth-order valence-electron chi connectivity index (χ4n) is 3.25. The van der Waals surface area contributed by atoms with Gasteiger partial charge in [0.1, 0.15) is 0 Å². The molecular weight excluding hydrogens is 358 g/mol. The van der Waals surface area contributed by atoms with Gasteiger partial charge in [-0.15, -0.1) is 0 Å². The fraction of sp³-hybridized carbons (Fsp3) is 0.524. The van der Waals surface area contributed by atoms with Gasteiger partial charge >= 0.3 is 0 Å². The van der Waals surface area contributed by atoms with E-state index in [1.54, 1.807) is 16.7 Å². The standard InChI is InChI=1S/C21H29N3O2S/c1-23(2)20(25)12-6-7-14-27-21-22-15-19(17-9-4-3-5-10-17)24(21)16-18-11-8-13-26-18/h3-5,9-10,15,18H,6-8,11-14,16H2,1-2H3. The summed E-state index contributed by atoms with van der Waals surface area (Å²) in [7, 11) is 3.62. The van der Waals surface area contributed by atoms with Crippen LogP contribution in [0.2, 0.25) is 0 Å². The average molecular weight is 388 g/mol. The molecular formula is C21H29N3O2S. The van der Waals surface area contributed by atoms with Gasteiger partial charge in [-0.25, -0.2) is 4.98 Å². The number of carbonyl (C=O) groups excluding carboxylic acids is 1. The van der Waals surface area contributed by atoms with E-state index in [1.165, 1.54) is 5.56 Å². The van der Waals surface area contributed by atoms with E-state index in [2.05, 4.69) is 28.8 Å². The first-order valence-electron chi connectivity index (χ1n) is 9.70. The van der Waals surface area contributed by atoms with Crippen molar-refractivity contribution in [3.8, 4) is 11.3 Å². The van der Waals surface area contributed by atoms with Gasteiger partial charge in [0.25, 0.3) is 0 Å². The van der Waals surface area contributed by atoms with Gasteiger partial charge in [0, 0.05) is 32.9 Å². The maximum absolute atomic E-state index is 11.7. The predicted octanol–water partition coefficient (Wildman–Crippen LogP) is 4.08. The Morgan fingerprint density at radius 1 is 1.30 bits per heavy atom. The number of hydrogen-bond donors (Lipinski definition) is 0. The molecule has 1 aliphatic rings. The number of benzene rings is 1. The van der Waals surface area contributed by atoms with Crippen molar-refractivity contribution in [2.45, 2.75) is 49.9 Å². The third-order valence-electron chi connectivity index (χ3n) is 4.81. The molecule has 2 heterocycles. The summed E-state index contributed by atoms with van der Waals surface area (Å²) in [5.41, 5.74) is 2.34. The van der Waals surface area contributed by atoms with Crippen LogP contribution in [-0.4, -0.2) is 52.9 Å². The Morgan fingerprint density at radius 3 is 2.81 bits per heavy atom. The first-order valence-corrected chi connectivity index (χ1v) is 10.7. The van der Waals surface area contributed by atoms with Crippen molar-refractivity contribution >= 4 is 17.7 Å². The molecule has 1 aliphatic heterocycles. The number of nitrogens with zero attached hydrogens (tertiary/aromatic N) is 3. The van der Waals surface area contributed by atoms with Gasteiger partial charge in [-0.05, 0) is 31.2 Å². The molecule has 2 aromatic rings. The number of hydrogen-bond acceptors (Lipinski definition) is 4. The molecule has 1 atom stereocenters. The fourth-order valence-corrected chi connectivity index (χ4v) is 4.23. The highest BCUT2D eigenvalue weighted by Gasteiger charge is 2.20. The summed E-state index contributed by atoms with van der Waals surface area (Å²) in [5, 5.41) is 1.04. The lowest BCUT2D eigenvalue weighted by molar-refractivity contribution is -0.128. The van der Waals surface area contributed by atoms with Crippen LogP contribution in [0.1, 0.15) is 32.1 Å². The Bertz CT molecular complexity index is 724. The molecule has 0 saturated carbocycles. The van der Waals surface area contributed by atoms with Crippen LogP contribution >= 0.6 is 11.8 Å². The molecule has 1 aromatic heterocycles. The Hall–Kier alpha value is -1.79. The minimum Gasteiger partial charge on any atom is -0.376 e. The molecule has 1 aromatic carbocycles. The summed E-state index contributed by atoms with van der Waals surface area (Å²) >= 11 is 1.78. The summed E-state index contributed by atoms with van der Waals surface area (Å²) in [4.78, 5) is 18.0. The zero-order valence-corrected chi connectivity index (χ0v) is 17.1. The topological polar surface area (TPSA) is 47.4 Å². The lowest BCUT2D eigenvalue weighted by Crippen LogP contribution is -2.21. The maximum atomic E-state index is 11.7. The van der Waals surface area contributed by atoms with E-state index in [4.69, 9.17) is 9.72 Å². The Labute approximate surface area is 166 Å². The van der Waals surface area contributed by atoms with Crippen LogP contribution in [0.5, 0.6) is 0 Å². The maximum Gasteiger partial charge on any atom is 0.222 e. The van der Waals surface area contributed by atoms with Crippen molar-refractivity contribution in [2.75, 3.05) is 26.5 Å². The highest BCUT2D eigenvalue weighted by Crippen LogP contribution is 2.28. The zero-order valence-electron chi connectivity index (χ0n) is 16.3. The largest absolute Gasteiger partial charge is 0.376 e. The average Bonchev–Trinajstić information content (AvgIpc) is 3.32. The van der Waals surface area contributed by atoms with Crippen molar-refractivity contribution in [2.24, 2.45) is 0 Å². The predicted molar refractivity (Wildman–Crippen MR) is 110 cm³/mol. The summed E-state index contributed by atoms with van der Waals surface area (Å²) < 4.78 is 8.17. The van der Waals surface area contributed by atoms with Gasteiger partial charge in [0.15, 0.2) is 5.16 Å². The van der Waals surface area contributed by atoms with Crippen LogP contribution < -0.4 is 0 Å². The summed E-state index contributed by atoms with van der Waals surface area (Å²) in [6.07, 6.45) is 7.06. The van der Waals surface area contributed by atoms with Crippen molar-refractivity contribution in [1.82, 2.24) is 14.5 Å². The number of imidazole rings is 1. The third-order valence-corrected chi connectivity index (χ3v) is 5.89. The Kier molecular flexibility index (Phi) is 7.35. The van der Waals surface area contributed by atoms with Crippen molar-refractivity contribution in [3.63, 3.8) is 0 Å². The van der Waals surface area contributed by atoms with Gasteiger partial charge in [-0.2, -0.15) is 0 Å². The minimum atomic E-state index is 0.200. The molecule has 27 heavy (non-hydrogen) atoms. The number of amides is 1. The van der Waals surface area contributed by atoms with Gasteiger partial charge in [-0.3, -0.25) is 4.79 Å². The van der Waals surface area contributed by atoms with E-state index in [1.807, 2.05) is 26.4 Å². The van der Waals surface area contributed by atoms with E-state index in [9.17, 15) is 4.79 Å². The van der Waals surface area contributed by atoms with E-state index in [0.29, 0.717) is 6.42 Å². The van der Waals surface area contributed by atoms with Crippen LogP contribution in [-0.2, 0) is 16.1 Å². The first-order chi connectivity index (χ1) is 13.1. The van der Waals surface area contributed by atoms with Crippen molar-refractivity contribution in [3.05, 3.63) is 36.5 Å². The summed E-state index contributed by atoms with van der Waals surface area (Å²) in [6.45, 7) is 1.72. The molecule has 1 fully saturated rings. The number of ether oxygens (including phenoxy) is 1. The zero-order chi connectivity index (χ0) is 19.1. The third kappa shape index (κ3) is 5.59. The molecule has 0 bridgehead atoms. The van der Waals surface area contributed by atoms with E-state index >= 15 is 0 Å². The summed E-state index contributed by atoms with van der Waals surface area (Å²) in [5.74, 6) is 1.17. The second-order valence-electron chi connectivity index (χ2n) is 7.13. The smallest absolute Gasteiger partial charge is 0.222 e.